The minimum Gasteiger partial charge on any atom is -0.455 e. The van der Waals surface area contributed by atoms with E-state index in [1.165, 1.54) is 0 Å². The highest BCUT2D eigenvalue weighted by atomic mass is 35.5. The Labute approximate surface area is 121 Å². The fourth-order valence-electron chi connectivity index (χ4n) is 1.70. The summed E-state index contributed by atoms with van der Waals surface area (Å²) in [5.74, 6) is 0.401. The van der Waals surface area contributed by atoms with Crippen molar-refractivity contribution in [2.75, 3.05) is 0 Å². The number of carbonyl (C=O) groups is 1. The molecule has 0 spiro atoms. The lowest BCUT2D eigenvalue weighted by atomic mass is 9.85. The second-order valence-corrected chi connectivity index (χ2v) is 5.38. The van der Waals surface area contributed by atoms with Crippen LogP contribution in [-0.4, -0.2) is 16.1 Å². The van der Waals surface area contributed by atoms with Crippen LogP contribution in [0, 0.1) is 6.92 Å². The number of ether oxygens (including phenoxy) is 1. The van der Waals surface area contributed by atoms with Gasteiger partial charge in [-0.2, -0.15) is 4.98 Å². The topological polar surface area (TPSA) is 65.2 Å². The molecule has 106 valence electrons. The summed E-state index contributed by atoms with van der Waals surface area (Å²) in [5.41, 5.74) is -0.0170. The van der Waals surface area contributed by atoms with Gasteiger partial charge in [0.25, 0.3) is 5.89 Å². The molecule has 1 aromatic carbocycles. The van der Waals surface area contributed by atoms with Crippen molar-refractivity contribution in [1.29, 1.82) is 0 Å². The van der Waals surface area contributed by atoms with Gasteiger partial charge in [-0.25, -0.2) is 0 Å². The molecule has 0 bridgehead atoms. The van der Waals surface area contributed by atoms with Gasteiger partial charge in [-0.3, -0.25) is 4.79 Å². The number of hydrogen-bond acceptors (Lipinski definition) is 5. The Morgan fingerprint density at radius 1 is 1.45 bits per heavy atom. The first-order chi connectivity index (χ1) is 9.39. The molecule has 0 radical (unpaired) electrons. The van der Waals surface area contributed by atoms with Crippen LogP contribution in [0.2, 0.25) is 5.02 Å². The zero-order valence-electron chi connectivity index (χ0n) is 11.5. The van der Waals surface area contributed by atoms with Crippen molar-refractivity contribution in [1.82, 2.24) is 10.1 Å². The zero-order chi connectivity index (χ0) is 14.8. The molecule has 20 heavy (non-hydrogen) atoms. The zero-order valence-corrected chi connectivity index (χ0v) is 12.3. The van der Waals surface area contributed by atoms with Crippen molar-refractivity contribution < 1.29 is 14.1 Å². The smallest absolute Gasteiger partial charge is 0.316 e. The monoisotopic (exact) mass is 294 g/mol. The molecule has 5 nitrogen and oxygen atoms in total. The van der Waals surface area contributed by atoms with E-state index in [-0.39, 0.29) is 18.5 Å². The molecular weight excluding hydrogens is 280 g/mol. The number of benzene rings is 1. The molecule has 0 atom stereocenters. The van der Waals surface area contributed by atoms with Crippen LogP contribution >= 0.6 is 11.6 Å². The standard InChI is InChI=1S/C14H15ClN2O3/c1-9-16-12(20-17-9)8-19-13(18)14(2,3)10-5-4-6-11(15)7-10/h4-7H,8H2,1-3H3. The van der Waals surface area contributed by atoms with E-state index in [0.717, 1.165) is 5.56 Å². The number of hydrogen-bond donors (Lipinski definition) is 0. The molecule has 0 N–H and O–H groups in total. The quantitative estimate of drug-likeness (QED) is 0.811. The summed E-state index contributed by atoms with van der Waals surface area (Å²) in [4.78, 5) is 16.2. The predicted molar refractivity (Wildman–Crippen MR) is 73.3 cm³/mol. The van der Waals surface area contributed by atoms with Gasteiger partial charge in [0.2, 0.25) is 0 Å². The summed E-state index contributed by atoms with van der Waals surface area (Å²) in [5, 5.41) is 4.21. The van der Waals surface area contributed by atoms with Crippen molar-refractivity contribution in [3.05, 3.63) is 46.6 Å². The van der Waals surface area contributed by atoms with Crippen molar-refractivity contribution in [3.63, 3.8) is 0 Å². The molecular formula is C14H15ClN2O3. The van der Waals surface area contributed by atoms with Gasteiger partial charge >= 0.3 is 5.97 Å². The highest BCUT2D eigenvalue weighted by molar-refractivity contribution is 6.30. The van der Waals surface area contributed by atoms with Crippen molar-refractivity contribution in [3.8, 4) is 0 Å². The van der Waals surface area contributed by atoms with Crippen LogP contribution in [0.3, 0.4) is 0 Å². The first kappa shape index (κ1) is 14.5. The van der Waals surface area contributed by atoms with Gasteiger partial charge in [0.05, 0.1) is 5.41 Å². The molecule has 2 aromatic rings. The molecule has 0 aliphatic heterocycles. The van der Waals surface area contributed by atoms with Crippen molar-refractivity contribution >= 4 is 17.6 Å². The third kappa shape index (κ3) is 3.17. The normalized spacial score (nSPS) is 11.4. The number of halogens is 1. The van der Waals surface area contributed by atoms with E-state index in [4.69, 9.17) is 20.9 Å². The summed E-state index contributed by atoms with van der Waals surface area (Å²) in [7, 11) is 0. The molecule has 0 amide bonds. The summed E-state index contributed by atoms with van der Waals surface area (Å²) >= 11 is 5.95. The summed E-state index contributed by atoms with van der Waals surface area (Å²) < 4.78 is 10.1. The van der Waals surface area contributed by atoms with Gasteiger partial charge in [-0.15, -0.1) is 0 Å². The Morgan fingerprint density at radius 2 is 2.20 bits per heavy atom. The molecule has 0 saturated heterocycles. The maximum atomic E-state index is 12.2. The Bertz CT molecular complexity index is 622. The summed E-state index contributed by atoms with van der Waals surface area (Å²) in [6.07, 6.45) is 0. The average molecular weight is 295 g/mol. The lowest BCUT2D eigenvalue weighted by Gasteiger charge is -2.22. The third-order valence-electron chi connectivity index (χ3n) is 2.95. The van der Waals surface area contributed by atoms with Crippen LogP contribution in [0.1, 0.15) is 31.1 Å². The van der Waals surface area contributed by atoms with Crippen LogP contribution in [0.5, 0.6) is 0 Å². The number of aromatic nitrogens is 2. The highest BCUT2D eigenvalue weighted by Crippen LogP contribution is 2.27. The molecule has 0 aliphatic carbocycles. The Hall–Kier alpha value is -1.88. The SMILES string of the molecule is Cc1noc(COC(=O)C(C)(C)c2cccc(Cl)c2)n1. The Balaban J connectivity index is 2.07. The van der Waals surface area contributed by atoms with Gasteiger partial charge < -0.3 is 9.26 Å². The molecule has 0 aliphatic rings. The van der Waals surface area contributed by atoms with E-state index >= 15 is 0 Å². The number of rotatable bonds is 4. The first-order valence-electron chi connectivity index (χ1n) is 6.12. The molecule has 0 unspecified atom stereocenters. The number of carbonyl (C=O) groups excluding carboxylic acids is 1. The van der Waals surface area contributed by atoms with Gasteiger partial charge in [0, 0.05) is 5.02 Å². The van der Waals surface area contributed by atoms with Crippen LogP contribution in [-0.2, 0) is 21.6 Å². The second kappa shape index (κ2) is 5.63. The number of esters is 1. The number of nitrogens with zero attached hydrogens (tertiary/aromatic N) is 2. The lowest BCUT2D eigenvalue weighted by Crippen LogP contribution is -2.31. The van der Waals surface area contributed by atoms with E-state index in [2.05, 4.69) is 10.1 Å². The molecule has 6 heteroatoms. The van der Waals surface area contributed by atoms with Gasteiger partial charge in [0.1, 0.15) is 0 Å². The lowest BCUT2D eigenvalue weighted by molar-refractivity contribution is -0.151. The fourth-order valence-corrected chi connectivity index (χ4v) is 1.89. The Morgan fingerprint density at radius 3 is 2.80 bits per heavy atom. The maximum Gasteiger partial charge on any atom is 0.316 e. The van der Waals surface area contributed by atoms with E-state index in [0.29, 0.717) is 10.8 Å². The van der Waals surface area contributed by atoms with Gasteiger partial charge in [0.15, 0.2) is 12.4 Å². The molecule has 0 saturated carbocycles. The van der Waals surface area contributed by atoms with E-state index in [1.54, 1.807) is 39.0 Å². The van der Waals surface area contributed by atoms with E-state index in [1.807, 2.05) is 6.07 Å². The van der Waals surface area contributed by atoms with E-state index in [9.17, 15) is 4.79 Å². The van der Waals surface area contributed by atoms with Crippen molar-refractivity contribution in [2.24, 2.45) is 0 Å². The minimum atomic E-state index is -0.806. The van der Waals surface area contributed by atoms with Gasteiger partial charge in [-0.05, 0) is 38.5 Å². The predicted octanol–water partition coefficient (Wildman–Crippen LogP) is 3.05. The highest BCUT2D eigenvalue weighted by Gasteiger charge is 2.32. The van der Waals surface area contributed by atoms with Crippen LogP contribution in [0.15, 0.2) is 28.8 Å². The van der Waals surface area contributed by atoms with E-state index < -0.39 is 5.41 Å². The van der Waals surface area contributed by atoms with Crippen LogP contribution in [0.4, 0.5) is 0 Å². The fraction of sp³-hybridized carbons (Fsp3) is 0.357. The first-order valence-corrected chi connectivity index (χ1v) is 6.50. The van der Waals surface area contributed by atoms with Crippen LogP contribution < -0.4 is 0 Å². The van der Waals surface area contributed by atoms with Crippen LogP contribution in [0.25, 0.3) is 0 Å². The summed E-state index contributed by atoms with van der Waals surface area (Å²) in [6.45, 7) is 5.22. The Kier molecular flexibility index (Phi) is 4.09. The molecule has 1 heterocycles. The molecule has 2 rings (SSSR count). The second-order valence-electron chi connectivity index (χ2n) is 4.95. The summed E-state index contributed by atoms with van der Waals surface area (Å²) in [6, 6.07) is 7.14. The third-order valence-corrected chi connectivity index (χ3v) is 3.19. The molecule has 1 aromatic heterocycles. The largest absolute Gasteiger partial charge is 0.455 e. The van der Waals surface area contributed by atoms with Crippen molar-refractivity contribution in [2.45, 2.75) is 32.8 Å². The minimum absolute atomic E-state index is 0.0380. The average Bonchev–Trinajstić information content (AvgIpc) is 2.81. The van der Waals surface area contributed by atoms with Gasteiger partial charge in [-0.1, -0.05) is 28.9 Å². The molecule has 0 fully saturated rings. The maximum absolute atomic E-state index is 12.2. The number of aryl methyl sites for hydroxylation is 1.